The predicted octanol–water partition coefficient (Wildman–Crippen LogP) is 3.24. The van der Waals surface area contributed by atoms with Crippen LogP contribution in [0.25, 0.3) is 5.69 Å². The summed E-state index contributed by atoms with van der Waals surface area (Å²) in [6.07, 6.45) is 1.64. The predicted molar refractivity (Wildman–Crippen MR) is 70.0 cm³/mol. The zero-order valence-electron chi connectivity index (χ0n) is 9.25. The van der Waals surface area contributed by atoms with E-state index in [4.69, 9.17) is 11.6 Å². The summed E-state index contributed by atoms with van der Waals surface area (Å²) < 4.78 is 1.87. The van der Waals surface area contributed by atoms with Gasteiger partial charge in [0.1, 0.15) is 5.69 Å². The number of nitro groups is 1. The average molecular weight is 332 g/mol. The number of aromatic nitrogens is 3. The molecule has 6 nitrogen and oxygen atoms in total. The van der Waals surface area contributed by atoms with Crippen LogP contribution in [0.1, 0.15) is 18.0 Å². The molecule has 0 amide bonds. The number of nitro benzene ring substituents is 1. The lowest BCUT2D eigenvalue weighted by Gasteiger charge is -2.01. The Morgan fingerprint density at radius 2 is 2.28 bits per heavy atom. The van der Waals surface area contributed by atoms with Crippen molar-refractivity contribution in [2.45, 2.75) is 12.3 Å². The van der Waals surface area contributed by atoms with Crippen molar-refractivity contribution in [2.75, 3.05) is 0 Å². The van der Waals surface area contributed by atoms with E-state index in [1.54, 1.807) is 25.3 Å². The van der Waals surface area contributed by atoms with Crippen molar-refractivity contribution in [3.8, 4) is 5.69 Å². The fraction of sp³-hybridized carbons (Fsp3) is 0.200. The average Bonchev–Trinajstić information content (AvgIpc) is 2.78. The van der Waals surface area contributed by atoms with Gasteiger partial charge in [-0.2, -0.15) is 0 Å². The standard InChI is InChI=1S/C10H8BrClN4O2/c1-6(12)9-5-15(14-13-9)7-2-3-8(11)10(4-7)16(17)18/h2-6H,1H3. The molecule has 0 spiro atoms. The van der Waals surface area contributed by atoms with E-state index < -0.39 is 4.92 Å². The minimum atomic E-state index is -0.463. The van der Waals surface area contributed by atoms with Crippen LogP contribution in [0.5, 0.6) is 0 Å². The van der Waals surface area contributed by atoms with Crippen LogP contribution in [0.3, 0.4) is 0 Å². The third kappa shape index (κ3) is 2.51. The highest BCUT2D eigenvalue weighted by Crippen LogP contribution is 2.27. The lowest BCUT2D eigenvalue weighted by molar-refractivity contribution is -0.385. The number of hydrogen-bond acceptors (Lipinski definition) is 4. The molecule has 0 saturated carbocycles. The third-order valence-corrected chi connectivity index (χ3v) is 3.20. The molecule has 18 heavy (non-hydrogen) atoms. The molecule has 2 rings (SSSR count). The Morgan fingerprint density at radius 1 is 1.56 bits per heavy atom. The molecule has 0 N–H and O–H groups in total. The Labute approximate surface area is 116 Å². The Morgan fingerprint density at radius 3 is 2.83 bits per heavy atom. The molecule has 2 aromatic rings. The first-order valence-electron chi connectivity index (χ1n) is 4.99. The van der Waals surface area contributed by atoms with Crippen molar-refractivity contribution >= 4 is 33.2 Å². The highest BCUT2D eigenvalue weighted by atomic mass is 79.9. The van der Waals surface area contributed by atoms with Crippen LogP contribution in [0, 0.1) is 10.1 Å². The summed E-state index contributed by atoms with van der Waals surface area (Å²) in [6.45, 7) is 1.78. The van der Waals surface area contributed by atoms with E-state index in [0.29, 0.717) is 15.9 Å². The first-order chi connectivity index (χ1) is 8.49. The molecule has 1 aromatic heterocycles. The van der Waals surface area contributed by atoms with E-state index >= 15 is 0 Å². The molecule has 1 atom stereocenters. The quantitative estimate of drug-likeness (QED) is 0.491. The van der Waals surface area contributed by atoms with Crippen molar-refractivity contribution in [3.63, 3.8) is 0 Å². The van der Waals surface area contributed by atoms with Gasteiger partial charge in [0.25, 0.3) is 5.69 Å². The fourth-order valence-electron chi connectivity index (χ4n) is 1.37. The van der Waals surface area contributed by atoms with Crippen molar-refractivity contribution in [1.29, 1.82) is 0 Å². The van der Waals surface area contributed by atoms with Crippen LogP contribution in [-0.2, 0) is 0 Å². The molecule has 0 bridgehead atoms. The van der Waals surface area contributed by atoms with Crippen molar-refractivity contribution in [1.82, 2.24) is 15.0 Å². The van der Waals surface area contributed by atoms with Gasteiger partial charge in [0, 0.05) is 6.07 Å². The molecule has 0 radical (unpaired) electrons. The molecule has 0 aliphatic carbocycles. The molecule has 1 aromatic carbocycles. The van der Waals surface area contributed by atoms with Gasteiger partial charge in [-0.1, -0.05) is 5.21 Å². The zero-order chi connectivity index (χ0) is 13.3. The zero-order valence-corrected chi connectivity index (χ0v) is 11.6. The molecule has 0 saturated heterocycles. The van der Waals surface area contributed by atoms with E-state index in [-0.39, 0.29) is 11.1 Å². The molecule has 0 fully saturated rings. The number of nitrogens with zero attached hydrogens (tertiary/aromatic N) is 4. The van der Waals surface area contributed by atoms with Crippen LogP contribution in [0.4, 0.5) is 5.69 Å². The Balaban J connectivity index is 2.44. The van der Waals surface area contributed by atoms with Gasteiger partial charge in [-0.15, -0.1) is 16.7 Å². The van der Waals surface area contributed by atoms with Crippen LogP contribution < -0.4 is 0 Å². The Hall–Kier alpha value is -1.47. The second-order valence-corrected chi connectivity index (χ2v) is 5.11. The highest BCUT2D eigenvalue weighted by Gasteiger charge is 2.14. The first kappa shape index (κ1) is 13.0. The van der Waals surface area contributed by atoms with Gasteiger partial charge in [-0.25, -0.2) is 4.68 Å². The SMILES string of the molecule is CC(Cl)c1cn(-c2ccc(Br)c([N+](=O)[O-])c2)nn1. The third-order valence-electron chi connectivity index (χ3n) is 2.31. The normalized spacial score (nSPS) is 12.4. The maximum absolute atomic E-state index is 10.8. The van der Waals surface area contributed by atoms with Crippen molar-refractivity contribution in [3.05, 3.63) is 44.7 Å². The number of halogens is 2. The molecule has 1 unspecified atom stereocenters. The molecule has 94 valence electrons. The van der Waals surface area contributed by atoms with Crippen LogP contribution in [-0.4, -0.2) is 19.9 Å². The molecule has 0 aliphatic rings. The maximum Gasteiger partial charge on any atom is 0.285 e. The maximum atomic E-state index is 10.8. The topological polar surface area (TPSA) is 73.8 Å². The van der Waals surface area contributed by atoms with Gasteiger partial charge in [0.2, 0.25) is 0 Å². The highest BCUT2D eigenvalue weighted by molar-refractivity contribution is 9.10. The Bertz CT molecular complexity index is 599. The van der Waals surface area contributed by atoms with E-state index in [0.717, 1.165) is 0 Å². The number of benzene rings is 1. The van der Waals surface area contributed by atoms with Gasteiger partial charge in [-0.3, -0.25) is 10.1 Å². The first-order valence-corrected chi connectivity index (χ1v) is 6.22. The number of hydrogen-bond donors (Lipinski definition) is 0. The summed E-state index contributed by atoms with van der Waals surface area (Å²) in [5.41, 5.74) is 1.15. The molecule has 8 heteroatoms. The summed E-state index contributed by atoms with van der Waals surface area (Å²) in [7, 11) is 0. The van der Waals surface area contributed by atoms with Crippen molar-refractivity contribution < 1.29 is 4.92 Å². The van der Waals surface area contributed by atoms with E-state index in [2.05, 4.69) is 26.2 Å². The second kappa shape index (κ2) is 5.03. The summed E-state index contributed by atoms with van der Waals surface area (Å²) >= 11 is 9.00. The monoisotopic (exact) mass is 330 g/mol. The molecule has 1 heterocycles. The Kier molecular flexibility index (Phi) is 3.63. The molecular weight excluding hydrogens is 323 g/mol. The molecular formula is C10H8BrClN4O2. The fourth-order valence-corrected chi connectivity index (χ4v) is 1.86. The van der Waals surface area contributed by atoms with Gasteiger partial charge in [0.05, 0.1) is 26.7 Å². The number of alkyl halides is 1. The summed E-state index contributed by atoms with van der Waals surface area (Å²) in [5, 5.41) is 18.3. The lowest BCUT2D eigenvalue weighted by Crippen LogP contribution is -1.97. The minimum absolute atomic E-state index is 0.0246. The van der Waals surface area contributed by atoms with Gasteiger partial charge >= 0.3 is 0 Å². The lowest BCUT2D eigenvalue weighted by atomic mass is 10.3. The van der Waals surface area contributed by atoms with Gasteiger partial charge in [-0.05, 0) is 35.0 Å². The van der Waals surface area contributed by atoms with Crippen LogP contribution in [0.15, 0.2) is 28.9 Å². The minimum Gasteiger partial charge on any atom is -0.258 e. The van der Waals surface area contributed by atoms with Crippen LogP contribution >= 0.6 is 27.5 Å². The van der Waals surface area contributed by atoms with E-state index in [1.165, 1.54) is 10.7 Å². The summed E-state index contributed by atoms with van der Waals surface area (Å²) in [5.74, 6) is 0. The molecule has 0 aliphatic heterocycles. The summed E-state index contributed by atoms with van der Waals surface area (Å²) in [4.78, 5) is 10.4. The smallest absolute Gasteiger partial charge is 0.258 e. The van der Waals surface area contributed by atoms with Crippen molar-refractivity contribution in [2.24, 2.45) is 0 Å². The van der Waals surface area contributed by atoms with E-state index in [9.17, 15) is 10.1 Å². The van der Waals surface area contributed by atoms with Gasteiger partial charge in [0.15, 0.2) is 0 Å². The number of rotatable bonds is 3. The van der Waals surface area contributed by atoms with Crippen LogP contribution in [0.2, 0.25) is 0 Å². The second-order valence-electron chi connectivity index (χ2n) is 3.60. The largest absolute Gasteiger partial charge is 0.285 e. The summed E-state index contributed by atoms with van der Waals surface area (Å²) in [6, 6.07) is 4.72. The van der Waals surface area contributed by atoms with Gasteiger partial charge < -0.3 is 0 Å². The van der Waals surface area contributed by atoms with E-state index in [1.807, 2.05) is 0 Å².